The maximum atomic E-state index is 11.5. The van der Waals surface area contributed by atoms with Gasteiger partial charge in [-0.25, -0.2) is 0 Å². The molecule has 1 aliphatic rings. The molecular weight excluding hydrogens is 226 g/mol. The number of hydrogen-bond donors (Lipinski definition) is 2. The van der Waals surface area contributed by atoms with Gasteiger partial charge in [-0.15, -0.1) is 0 Å². The lowest BCUT2D eigenvalue weighted by molar-refractivity contribution is -0.120. The molecule has 0 aromatic heterocycles. The largest absolute Gasteiger partial charge is 0.355 e. The molecule has 0 spiro atoms. The van der Waals surface area contributed by atoms with Crippen LogP contribution in [-0.4, -0.2) is 50.1 Å². The van der Waals surface area contributed by atoms with Crippen LogP contribution in [0.1, 0.15) is 39.5 Å². The maximum absolute atomic E-state index is 11.5. The Morgan fingerprint density at radius 3 is 2.83 bits per heavy atom. The van der Waals surface area contributed by atoms with Crippen molar-refractivity contribution in [3.8, 4) is 0 Å². The van der Waals surface area contributed by atoms with Crippen molar-refractivity contribution in [3.63, 3.8) is 0 Å². The predicted octanol–water partition coefficient (Wildman–Crippen LogP) is 1.22. The molecule has 0 radical (unpaired) electrons. The summed E-state index contributed by atoms with van der Waals surface area (Å²) >= 11 is 0. The van der Waals surface area contributed by atoms with E-state index in [0.29, 0.717) is 18.5 Å². The third kappa shape index (κ3) is 6.36. The van der Waals surface area contributed by atoms with Gasteiger partial charge in [0.2, 0.25) is 5.91 Å². The van der Waals surface area contributed by atoms with Gasteiger partial charge in [-0.2, -0.15) is 0 Å². The highest BCUT2D eigenvalue weighted by Crippen LogP contribution is 2.16. The van der Waals surface area contributed by atoms with Crippen molar-refractivity contribution in [3.05, 3.63) is 0 Å². The number of nitrogens with one attached hydrogen (secondary N) is 2. The Morgan fingerprint density at radius 1 is 1.39 bits per heavy atom. The fourth-order valence-corrected chi connectivity index (χ4v) is 2.36. The summed E-state index contributed by atoms with van der Waals surface area (Å²) in [6.07, 6.45) is 5.13. The van der Waals surface area contributed by atoms with Gasteiger partial charge < -0.3 is 15.5 Å². The molecule has 1 rings (SSSR count). The molecule has 0 bridgehead atoms. The van der Waals surface area contributed by atoms with E-state index in [-0.39, 0.29) is 5.91 Å². The minimum absolute atomic E-state index is 0.112. The number of hydrogen-bond acceptors (Lipinski definition) is 3. The molecule has 1 saturated heterocycles. The first-order valence-electron chi connectivity index (χ1n) is 7.27. The molecule has 1 aliphatic heterocycles. The summed E-state index contributed by atoms with van der Waals surface area (Å²) in [6, 6.07) is 0.699. The van der Waals surface area contributed by atoms with Crippen LogP contribution in [-0.2, 0) is 4.79 Å². The van der Waals surface area contributed by atoms with E-state index in [9.17, 15) is 4.79 Å². The van der Waals surface area contributed by atoms with E-state index in [1.165, 1.54) is 25.8 Å². The molecule has 106 valence electrons. The Kier molecular flexibility index (Phi) is 7.28. The number of piperidine rings is 1. The summed E-state index contributed by atoms with van der Waals surface area (Å²) < 4.78 is 0. The molecule has 1 fully saturated rings. The molecular formula is C14H29N3O. The topological polar surface area (TPSA) is 44.4 Å². The third-order valence-corrected chi connectivity index (χ3v) is 3.57. The lowest BCUT2D eigenvalue weighted by Crippen LogP contribution is -2.40. The van der Waals surface area contributed by atoms with Gasteiger partial charge in [0.1, 0.15) is 0 Å². The van der Waals surface area contributed by atoms with Crippen molar-refractivity contribution in [2.45, 2.75) is 45.6 Å². The zero-order valence-electron chi connectivity index (χ0n) is 12.2. The predicted molar refractivity (Wildman–Crippen MR) is 75.6 cm³/mol. The molecule has 1 atom stereocenters. The molecule has 1 heterocycles. The summed E-state index contributed by atoms with van der Waals surface area (Å²) in [5.74, 6) is 0.630. The van der Waals surface area contributed by atoms with Crippen LogP contribution in [0.25, 0.3) is 0 Å². The first-order chi connectivity index (χ1) is 8.59. The molecule has 0 aromatic carbocycles. The second-order valence-corrected chi connectivity index (χ2v) is 5.79. The van der Waals surface area contributed by atoms with Gasteiger partial charge in [0, 0.05) is 12.6 Å². The summed E-state index contributed by atoms with van der Waals surface area (Å²) in [6.45, 7) is 7.58. The average molecular weight is 255 g/mol. The quantitative estimate of drug-likeness (QED) is 0.672. The molecule has 0 saturated carbocycles. The van der Waals surface area contributed by atoms with Crippen molar-refractivity contribution in [2.24, 2.45) is 5.92 Å². The van der Waals surface area contributed by atoms with Gasteiger partial charge in [-0.05, 0) is 45.3 Å². The Morgan fingerprint density at radius 2 is 2.17 bits per heavy atom. The van der Waals surface area contributed by atoms with Gasteiger partial charge in [-0.1, -0.05) is 20.3 Å². The summed E-state index contributed by atoms with van der Waals surface area (Å²) in [5, 5.41) is 6.16. The molecule has 1 amide bonds. The molecule has 0 aliphatic carbocycles. The van der Waals surface area contributed by atoms with Crippen molar-refractivity contribution >= 4 is 5.91 Å². The van der Waals surface area contributed by atoms with Crippen LogP contribution in [0.2, 0.25) is 0 Å². The van der Waals surface area contributed by atoms with Crippen molar-refractivity contribution < 1.29 is 4.79 Å². The fraction of sp³-hybridized carbons (Fsp3) is 0.929. The SMILES string of the molecule is CC(C)CNC(=O)CNCCC1CCCCN1C. The van der Waals surface area contributed by atoms with Crippen LogP contribution in [0, 0.1) is 5.92 Å². The van der Waals surface area contributed by atoms with E-state index >= 15 is 0 Å². The molecule has 2 N–H and O–H groups in total. The van der Waals surface area contributed by atoms with E-state index in [0.717, 1.165) is 19.5 Å². The molecule has 4 nitrogen and oxygen atoms in total. The van der Waals surface area contributed by atoms with E-state index < -0.39 is 0 Å². The van der Waals surface area contributed by atoms with Crippen LogP contribution in [0.4, 0.5) is 0 Å². The molecule has 0 aromatic rings. The maximum Gasteiger partial charge on any atom is 0.233 e. The van der Waals surface area contributed by atoms with E-state index in [4.69, 9.17) is 0 Å². The van der Waals surface area contributed by atoms with Gasteiger partial charge in [0.15, 0.2) is 0 Å². The number of carbonyl (C=O) groups is 1. The standard InChI is InChI=1S/C14H29N3O/c1-12(2)10-16-14(18)11-15-8-7-13-6-4-5-9-17(13)3/h12-13,15H,4-11H2,1-3H3,(H,16,18). The molecule has 4 heteroatoms. The first kappa shape index (κ1) is 15.4. The first-order valence-corrected chi connectivity index (χ1v) is 7.27. The zero-order chi connectivity index (χ0) is 13.4. The van der Waals surface area contributed by atoms with E-state index in [1.807, 2.05) is 0 Å². The normalized spacial score (nSPS) is 21.2. The Balaban J connectivity index is 2.02. The Bertz CT molecular complexity index is 243. The number of rotatable bonds is 7. The van der Waals surface area contributed by atoms with Crippen LogP contribution in [0.3, 0.4) is 0 Å². The van der Waals surface area contributed by atoms with Gasteiger partial charge in [-0.3, -0.25) is 4.79 Å². The highest BCUT2D eigenvalue weighted by atomic mass is 16.1. The number of nitrogens with zero attached hydrogens (tertiary/aromatic N) is 1. The molecule has 1 unspecified atom stereocenters. The highest BCUT2D eigenvalue weighted by molar-refractivity contribution is 5.77. The van der Waals surface area contributed by atoms with Gasteiger partial charge >= 0.3 is 0 Å². The second kappa shape index (κ2) is 8.48. The van der Waals surface area contributed by atoms with Crippen LogP contribution in [0.15, 0.2) is 0 Å². The smallest absolute Gasteiger partial charge is 0.233 e. The van der Waals surface area contributed by atoms with Crippen molar-refractivity contribution in [1.82, 2.24) is 15.5 Å². The molecule has 18 heavy (non-hydrogen) atoms. The lowest BCUT2D eigenvalue weighted by atomic mass is 10.0. The summed E-state index contributed by atoms with van der Waals surface area (Å²) in [7, 11) is 2.21. The van der Waals surface area contributed by atoms with E-state index in [1.54, 1.807) is 0 Å². The van der Waals surface area contributed by atoms with Crippen LogP contribution >= 0.6 is 0 Å². The van der Waals surface area contributed by atoms with Crippen molar-refractivity contribution in [2.75, 3.05) is 33.2 Å². The Labute approximate surface area is 111 Å². The van der Waals surface area contributed by atoms with Crippen molar-refractivity contribution in [1.29, 1.82) is 0 Å². The number of likely N-dealkylation sites (tertiary alicyclic amines) is 1. The number of carbonyl (C=O) groups excluding carboxylic acids is 1. The van der Waals surface area contributed by atoms with Gasteiger partial charge in [0.25, 0.3) is 0 Å². The minimum Gasteiger partial charge on any atom is -0.355 e. The van der Waals surface area contributed by atoms with Crippen LogP contribution < -0.4 is 10.6 Å². The Hall–Kier alpha value is -0.610. The zero-order valence-corrected chi connectivity index (χ0v) is 12.2. The van der Waals surface area contributed by atoms with E-state index in [2.05, 4.69) is 36.4 Å². The highest BCUT2D eigenvalue weighted by Gasteiger charge is 2.17. The monoisotopic (exact) mass is 255 g/mol. The average Bonchev–Trinajstić information content (AvgIpc) is 2.34. The third-order valence-electron chi connectivity index (χ3n) is 3.57. The fourth-order valence-electron chi connectivity index (χ4n) is 2.36. The number of amides is 1. The van der Waals surface area contributed by atoms with Crippen LogP contribution in [0.5, 0.6) is 0 Å². The summed E-state index contributed by atoms with van der Waals surface area (Å²) in [4.78, 5) is 13.9. The summed E-state index contributed by atoms with van der Waals surface area (Å²) in [5.41, 5.74) is 0. The second-order valence-electron chi connectivity index (χ2n) is 5.79. The minimum atomic E-state index is 0.112. The lowest BCUT2D eigenvalue weighted by Gasteiger charge is -2.32. The van der Waals surface area contributed by atoms with Gasteiger partial charge in [0.05, 0.1) is 6.54 Å².